The summed E-state index contributed by atoms with van der Waals surface area (Å²) in [6.07, 6.45) is 1.26. The van der Waals surface area contributed by atoms with Crippen LogP contribution in [0.15, 0.2) is 36.4 Å². The zero-order valence-electron chi connectivity index (χ0n) is 20.7. The zero-order chi connectivity index (χ0) is 27.2. The Morgan fingerprint density at radius 1 is 1.06 bits per heavy atom. The fraction of sp³-hybridized carbons (Fsp3) is 0.417. The lowest BCUT2D eigenvalue weighted by Crippen LogP contribution is -2.53. The van der Waals surface area contributed by atoms with Crippen LogP contribution in [0.2, 0.25) is 15.1 Å². The molecule has 2 aromatic rings. The molecule has 0 aliphatic rings. The fourth-order valence-corrected chi connectivity index (χ4v) is 5.07. The summed E-state index contributed by atoms with van der Waals surface area (Å²) in [5.74, 6) is -0.758. The molecular formula is C24H30Cl3N3O5S. The molecule has 1 N–H and O–H groups in total. The number of sulfonamides is 1. The van der Waals surface area contributed by atoms with E-state index in [9.17, 15) is 18.0 Å². The third kappa shape index (κ3) is 7.90. The lowest BCUT2D eigenvalue weighted by Gasteiger charge is -2.33. The van der Waals surface area contributed by atoms with E-state index in [0.717, 1.165) is 10.6 Å². The summed E-state index contributed by atoms with van der Waals surface area (Å²) < 4.78 is 31.8. The largest absolute Gasteiger partial charge is 0.495 e. The molecule has 12 heteroatoms. The summed E-state index contributed by atoms with van der Waals surface area (Å²) in [6, 6.07) is 8.24. The predicted molar refractivity (Wildman–Crippen MR) is 145 cm³/mol. The number of nitrogens with zero attached hydrogens (tertiary/aromatic N) is 2. The quantitative estimate of drug-likeness (QED) is 0.415. The number of carbonyl (C=O) groups is 2. The summed E-state index contributed by atoms with van der Waals surface area (Å²) in [5, 5.41) is 3.82. The first-order valence-electron chi connectivity index (χ1n) is 11.1. The van der Waals surface area contributed by atoms with Crippen LogP contribution in [0.1, 0.15) is 32.8 Å². The van der Waals surface area contributed by atoms with Gasteiger partial charge in [0, 0.05) is 27.7 Å². The Bertz CT molecular complexity index is 1210. The number of benzene rings is 2. The molecule has 2 rings (SSSR count). The second kappa shape index (κ2) is 12.9. The van der Waals surface area contributed by atoms with E-state index in [4.69, 9.17) is 39.5 Å². The van der Waals surface area contributed by atoms with Crippen LogP contribution in [0.3, 0.4) is 0 Å². The van der Waals surface area contributed by atoms with Crippen molar-refractivity contribution >= 4 is 62.3 Å². The molecule has 0 aliphatic carbocycles. The number of nitrogens with one attached hydrogen (secondary N) is 1. The van der Waals surface area contributed by atoms with Gasteiger partial charge in [-0.3, -0.25) is 13.9 Å². The standard InChI is InChI=1S/C24H30Cl3N3O5S/c1-6-20(24(32)28-15(2)3)29(13-16-7-8-17(25)11-19(16)27)23(31)14-30(36(5,33)34)21-12-18(26)9-10-22(21)35-4/h7-12,15,20H,6,13-14H2,1-5H3,(H,28,32)/t20-/m1/s1. The van der Waals surface area contributed by atoms with Gasteiger partial charge in [-0.25, -0.2) is 8.42 Å². The first-order valence-corrected chi connectivity index (χ1v) is 14.1. The Hall–Kier alpha value is -2.20. The molecule has 2 aromatic carbocycles. The number of amides is 2. The van der Waals surface area contributed by atoms with Crippen LogP contribution in [-0.4, -0.2) is 57.1 Å². The number of ether oxygens (including phenoxy) is 1. The van der Waals surface area contributed by atoms with Gasteiger partial charge in [0.2, 0.25) is 21.8 Å². The SMILES string of the molecule is CC[C@H](C(=O)NC(C)C)N(Cc1ccc(Cl)cc1Cl)C(=O)CN(c1cc(Cl)ccc1OC)S(C)(=O)=O. The maximum Gasteiger partial charge on any atom is 0.244 e. The van der Waals surface area contributed by atoms with Gasteiger partial charge in [-0.05, 0) is 56.2 Å². The molecule has 0 bridgehead atoms. The summed E-state index contributed by atoms with van der Waals surface area (Å²) >= 11 is 18.5. The summed E-state index contributed by atoms with van der Waals surface area (Å²) in [7, 11) is -2.57. The van der Waals surface area contributed by atoms with Crippen LogP contribution in [0.5, 0.6) is 5.75 Å². The smallest absolute Gasteiger partial charge is 0.244 e. The van der Waals surface area contributed by atoms with Crippen LogP contribution in [-0.2, 0) is 26.2 Å². The van der Waals surface area contributed by atoms with Crippen LogP contribution in [0, 0.1) is 0 Å². The molecule has 198 valence electrons. The molecule has 0 fully saturated rings. The highest BCUT2D eigenvalue weighted by Crippen LogP contribution is 2.33. The molecule has 0 heterocycles. The molecule has 1 atom stereocenters. The van der Waals surface area contributed by atoms with E-state index in [1.54, 1.807) is 25.1 Å². The first-order chi connectivity index (χ1) is 16.8. The van der Waals surface area contributed by atoms with Crippen molar-refractivity contribution in [2.45, 2.75) is 45.8 Å². The lowest BCUT2D eigenvalue weighted by atomic mass is 10.1. The first kappa shape index (κ1) is 30.0. The summed E-state index contributed by atoms with van der Waals surface area (Å²) in [4.78, 5) is 28.1. The third-order valence-electron chi connectivity index (χ3n) is 5.26. The molecular weight excluding hydrogens is 549 g/mol. The highest BCUT2D eigenvalue weighted by molar-refractivity contribution is 7.92. The molecule has 0 aromatic heterocycles. The second-order valence-corrected chi connectivity index (χ2v) is 11.6. The Morgan fingerprint density at radius 2 is 1.67 bits per heavy atom. The van der Waals surface area contributed by atoms with Gasteiger partial charge >= 0.3 is 0 Å². The van der Waals surface area contributed by atoms with E-state index in [1.807, 2.05) is 13.8 Å². The molecule has 2 amide bonds. The normalized spacial score (nSPS) is 12.2. The summed E-state index contributed by atoms with van der Waals surface area (Å²) in [6.45, 7) is 4.76. The maximum absolute atomic E-state index is 13.7. The highest BCUT2D eigenvalue weighted by atomic mass is 35.5. The topological polar surface area (TPSA) is 96.0 Å². The van der Waals surface area contributed by atoms with Gasteiger partial charge in [-0.15, -0.1) is 0 Å². The number of hydrogen-bond donors (Lipinski definition) is 1. The monoisotopic (exact) mass is 577 g/mol. The molecule has 0 aliphatic heterocycles. The highest BCUT2D eigenvalue weighted by Gasteiger charge is 2.33. The van der Waals surface area contributed by atoms with Crippen molar-refractivity contribution < 1.29 is 22.7 Å². The molecule has 0 unspecified atom stereocenters. The van der Waals surface area contributed by atoms with Crippen molar-refractivity contribution in [1.29, 1.82) is 0 Å². The van der Waals surface area contributed by atoms with Crippen LogP contribution < -0.4 is 14.4 Å². The van der Waals surface area contributed by atoms with E-state index >= 15 is 0 Å². The van der Waals surface area contributed by atoms with Crippen molar-refractivity contribution in [3.05, 3.63) is 57.0 Å². The summed E-state index contributed by atoms with van der Waals surface area (Å²) in [5.41, 5.74) is 0.654. The van der Waals surface area contributed by atoms with Crippen molar-refractivity contribution in [3.63, 3.8) is 0 Å². The van der Waals surface area contributed by atoms with Gasteiger partial charge in [0.25, 0.3) is 0 Å². The van der Waals surface area contributed by atoms with E-state index in [0.29, 0.717) is 15.6 Å². The number of hydrogen-bond acceptors (Lipinski definition) is 5. The number of rotatable bonds is 11. The number of methoxy groups -OCH3 is 1. The molecule has 0 saturated heterocycles. The van der Waals surface area contributed by atoms with Gasteiger partial charge < -0.3 is 15.0 Å². The molecule has 36 heavy (non-hydrogen) atoms. The van der Waals surface area contributed by atoms with Crippen molar-refractivity contribution in [2.75, 3.05) is 24.2 Å². The average Bonchev–Trinajstić information content (AvgIpc) is 2.77. The van der Waals surface area contributed by atoms with Crippen LogP contribution in [0.25, 0.3) is 0 Å². The Morgan fingerprint density at radius 3 is 2.19 bits per heavy atom. The molecule has 0 spiro atoms. The van der Waals surface area contributed by atoms with Crippen molar-refractivity contribution in [1.82, 2.24) is 10.2 Å². The van der Waals surface area contributed by atoms with E-state index < -0.39 is 28.5 Å². The predicted octanol–water partition coefficient (Wildman–Crippen LogP) is 4.75. The average molecular weight is 579 g/mol. The number of halogens is 3. The fourth-order valence-electron chi connectivity index (χ4n) is 3.59. The minimum absolute atomic E-state index is 0.0386. The minimum Gasteiger partial charge on any atom is -0.495 e. The van der Waals surface area contributed by atoms with Crippen LogP contribution in [0.4, 0.5) is 5.69 Å². The second-order valence-electron chi connectivity index (χ2n) is 8.43. The minimum atomic E-state index is -3.95. The number of carbonyl (C=O) groups excluding carboxylic acids is 2. The number of anilines is 1. The third-order valence-corrected chi connectivity index (χ3v) is 7.21. The van der Waals surface area contributed by atoms with Gasteiger partial charge in [0.1, 0.15) is 18.3 Å². The Kier molecular flexibility index (Phi) is 10.7. The van der Waals surface area contributed by atoms with Gasteiger partial charge in [0.15, 0.2) is 0 Å². The molecule has 0 saturated carbocycles. The Labute approximate surface area is 227 Å². The van der Waals surface area contributed by atoms with E-state index in [1.165, 1.54) is 30.2 Å². The maximum atomic E-state index is 13.7. The van der Waals surface area contributed by atoms with Gasteiger partial charge in [0.05, 0.1) is 19.1 Å². The lowest BCUT2D eigenvalue weighted by molar-refractivity contribution is -0.140. The van der Waals surface area contributed by atoms with Gasteiger partial charge in [-0.2, -0.15) is 0 Å². The van der Waals surface area contributed by atoms with Crippen molar-refractivity contribution in [2.24, 2.45) is 0 Å². The van der Waals surface area contributed by atoms with Gasteiger partial charge in [-0.1, -0.05) is 47.8 Å². The van der Waals surface area contributed by atoms with E-state index in [-0.39, 0.29) is 41.4 Å². The Balaban J connectivity index is 2.55. The molecule has 8 nitrogen and oxygen atoms in total. The van der Waals surface area contributed by atoms with E-state index in [2.05, 4.69) is 5.32 Å². The van der Waals surface area contributed by atoms with Crippen molar-refractivity contribution in [3.8, 4) is 5.75 Å². The zero-order valence-corrected chi connectivity index (χ0v) is 23.8. The molecule has 0 radical (unpaired) electrons. The van der Waals surface area contributed by atoms with Crippen LogP contribution >= 0.6 is 34.8 Å².